The number of rotatable bonds is 6. The summed E-state index contributed by atoms with van der Waals surface area (Å²) in [7, 11) is -0.589. The molecule has 0 bridgehead atoms. The number of ether oxygens (including phenoxy) is 2. The lowest BCUT2D eigenvalue weighted by molar-refractivity contribution is -0.129. The Labute approximate surface area is 91.8 Å². The first-order chi connectivity index (χ1) is 6.77. The van der Waals surface area contributed by atoms with Crippen LogP contribution in [0.2, 0.25) is 5.54 Å². The zero-order valence-electron chi connectivity index (χ0n) is 8.99. The lowest BCUT2D eigenvalue weighted by Crippen LogP contribution is -2.36. The van der Waals surface area contributed by atoms with Gasteiger partial charge in [-0.1, -0.05) is 0 Å². The molecule has 1 aliphatic rings. The molecule has 0 aliphatic carbocycles. The molecule has 0 N–H and O–H groups in total. The highest BCUT2D eigenvalue weighted by Crippen LogP contribution is 2.10. The molecule has 0 amide bonds. The fourth-order valence-electron chi connectivity index (χ4n) is 1.20. The monoisotopic (exact) mass is 250 g/mol. The first kappa shape index (κ1) is 12.1. The van der Waals surface area contributed by atoms with E-state index in [9.17, 15) is 0 Å². The van der Waals surface area contributed by atoms with Gasteiger partial charge in [0.05, 0.1) is 0 Å². The SMILES string of the molecule is CCOC(OCC)C([SiH3])C=[Si]1O[SiH2]O1. The van der Waals surface area contributed by atoms with Crippen LogP contribution in [0.15, 0.2) is 0 Å². The van der Waals surface area contributed by atoms with Crippen molar-refractivity contribution < 1.29 is 17.7 Å². The maximum Gasteiger partial charge on any atom is 0.449 e. The largest absolute Gasteiger partial charge is 0.556 e. The van der Waals surface area contributed by atoms with Gasteiger partial charge in [0, 0.05) is 29.0 Å². The first-order valence-electron chi connectivity index (χ1n) is 4.98. The van der Waals surface area contributed by atoms with E-state index in [1.165, 1.54) is 0 Å². The summed E-state index contributed by atoms with van der Waals surface area (Å²) < 4.78 is 21.8. The second-order valence-electron chi connectivity index (χ2n) is 3.03. The second-order valence-corrected chi connectivity index (χ2v) is 7.88. The smallest absolute Gasteiger partial charge is 0.449 e. The normalized spacial score (nSPS) is 18.9. The minimum atomic E-state index is -1.02. The molecule has 1 atom stereocenters. The van der Waals surface area contributed by atoms with E-state index >= 15 is 0 Å². The molecule has 0 aromatic carbocycles. The average Bonchev–Trinajstić information content (AvgIpc) is 2.11. The van der Waals surface area contributed by atoms with Gasteiger partial charge >= 0.3 is 18.9 Å². The molecule has 0 radical (unpaired) electrons. The molecule has 0 aromatic rings. The molecule has 7 heteroatoms. The Bertz CT molecular complexity index is 187. The van der Waals surface area contributed by atoms with Gasteiger partial charge in [-0.2, -0.15) is 0 Å². The standard InChI is InChI=1S/C7H18O4Si3/c1-3-8-7(9-4-2)6(12)5-14-10-13-11-14/h5-7H,3-4,13H2,1-2,12H3. The topological polar surface area (TPSA) is 36.9 Å². The summed E-state index contributed by atoms with van der Waals surface area (Å²) in [6, 6.07) is 0. The van der Waals surface area contributed by atoms with Crippen molar-refractivity contribution in [3.05, 3.63) is 0 Å². The highest BCUT2D eigenvalue weighted by molar-refractivity contribution is 6.71. The lowest BCUT2D eigenvalue weighted by Gasteiger charge is -2.25. The zero-order chi connectivity index (χ0) is 10.4. The van der Waals surface area contributed by atoms with Crippen LogP contribution in [0.3, 0.4) is 0 Å². The molecule has 1 fully saturated rings. The van der Waals surface area contributed by atoms with E-state index in [-0.39, 0.29) is 6.29 Å². The van der Waals surface area contributed by atoms with E-state index in [0.29, 0.717) is 18.8 Å². The Morgan fingerprint density at radius 2 is 1.93 bits per heavy atom. The van der Waals surface area contributed by atoms with Gasteiger partial charge in [0.25, 0.3) is 0 Å². The first-order valence-corrected chi connectivity index (χ1v) is 8.68. The van der Waals surface area contributed by atoms with Crippen LogP contribution >= 0.6 is 0 Å². The van der Waals surface area contributed by atoms with Gasteiger partial charge in [-0.15, -0.1) is 0 Å². The van der Waals surface area contributed by atoms with Crippen molar-refractivity contribution in [2.75, 3.05) is 13.2 Å². The van der Waals surface area contributed by atoms with Crippen molar-refractivity contribution >= 4 is 34.8 Å². The number of hydrogen-bond acceptors (Lipinski definition) is 4. The summed E-state index contributed by atoms with van der Waals surface area (Å²) in [6.07, 6.45) is -0.0939. The molecule has 1 rings (SSSR count). The maximum atomic E-state index is 5.51. The van der Waals surface area contributed by atoms with E-state index in [1.54, 1.807) is 0 Å². The molecule has 1 heterocycles. The molecule has 4 nitrogen and oxygen atoms in total. The molecule has 1 unspecified atom stereocenters. The molecule has 0 saturated carbocycles. The minimum Gasteiger partial charge on any atom is -0.556 e. The summed E-state index contributed by atoms with van der Waals surface area (Å²) in [6.45, 7) is 5.35. The third-order valence-corrected chi connectivity index (χ3v) is 7.45. The summed E-state index contributed by atoms with van der Waals surface area (Å²) >= 11 is 0. The van der Waals surface area contributed by atoms with Crippen LogP contribution in [-0.4, -0.2) is 54.3 Å². The fraction of sp³-hybridized carbons (Fsp3) is 0.857. The third-order valence-electron chi connectivity index (χ3n) is 1.89. The Balaban J connectivity index is 2.39. The zero-order valence-corrected chi connectivity index (χ0v) is 13.4. The van der Waals surface area contributed by atoms with Crippen molar-refractivity contribution in [1.82, 2.24) is 0 Å². The van der Waals surface area contributed by atoms with Crippen molar-refractivity contribution in [2.45, 2.75) is 25.7 Å². The molecule has 82 valence electrons. The van der Waals surface area contributed by atoms with E-state index in [2.05, 4.69) is 5.67 Å². The summed E-state index contributed by atoms with van der Waals surface area (Å²) in [4.78, 5) is 0. The minimum absolute atomic E-state index is 0.0939. The van der Waals surface area contributed by atoms with Crippen LogP contribution in [0.1, 0.15) is 13.8 Å². The van der Waals surface area contributed by atoms with E-state index < -0.39 is 18.9 Å². The Hall–Kier alpha value is 0.0406. The second kappa shape index (κ2) is 6.51. The van der Waals surface area contributed by atoms with Gasteiger partial charge in [0.2, 0.25) is 0 Å². The lowest BCUT2D eigenvalue weighted by atomic mass is 10.4. The quantitative estimate of drug-likeness (QED) is 0.423. The molecular formula is C7H18O4Si3. The number of hydrogen-bond donors (Lipinski definition) is 0. The van der Waals surface area contributed by atoms with Crippen LogP contribution in [0.4, 0.5) is 0 Å². The van der Waals surface area contributed by atoms with Gasteiger partial charge in [-0.05, 0) is 19.5 Å². The van der Waals surface area contributed by atoms with E-state index in [0.717, 1.165) is 10.2 Å². The van der Waals surface area contributed by atoms with Gasteiger partial charge in [-0.3, -0.25) is 0 Å². The van der Waals surface area contributed by atoms with Crippen molar-refractivity contribution in [2.24, 2.45) is 0 Å². The average molecular weight is 250 g/mol. The van der Waals surface area contributed by atoms with Crippen LogP contribution in [-0.2, 0) is 17.7 Å². The maximum absolute atomic E-state index is 5.51. The summed E-state index contributed by atoms with van der Waals surface area (Å²) in [5.74, 6) is 0. The van der Waals surface area contributed by atoms with Gasteiger partial charge in [0.15, 0.2) is 6.29 Å². The predicted octanol–water partition coefficient (Wildman–Crippen LogP) is -1.54. The van der Waals surface area contributed by atoms with E-state index in [1.807, 2.05) is 13.8 Å². The van der Waals surface area contributed by atoms with Crippen LogP contribution in [0.25, 0.3) is 0 Å². The van der Waals surface area contributed by atoms with Crippen molar-refractivity contribution in [3.8, 4) is 0 Å². The summed E-state index contributed by atoms with van der Waals surface area (Å²) in [5.41, 5.74) is 2.53. The van der Waals surface area contributed by atoms with Gasteiger partial charge in [0.1, 0.15) is 0 Å². The van der Waals surface area contributed by atoms with Crippen LogP contribution < -0.4 is 0 Å². The van der Waals surface area contributed by atoms with Crippen molar-refractivity contribution in [3.63, 3.8) is 0 Å². The van der Waals surface area contributed by atoms with Gasteiger partial charge in [-0.25, -0.2) is 0 Å². The highest BCUT2D eigenvalue weighted by atomic mass is 28.4. The Morgan fingerprint density at radius 1 is 1.36 bits per heavy atom. The van der Waals surface area contributed by atoms with E-state index in [4.69, 9.17) is 17.7 Å². The van der Waals surface area contributed by atoms with Gasteiger partial charge < -0.3 is 17.7 Å². The predicted molar refractivity (Wildman–Crippen MR) is 63.3 cm³/mol. The molecule has 1 aliphatic heterocycles. The van der Waals surface area contributed by atoms with Crippen LogP contribution in [0, 0.1) is 0 Å². The van der Waals surface area contributed by atoms with Crippen molar-refractivity contribution in [1.29, 1.82) is 0 Å². The highest BCUT2D eigenvalue weighted by Gasteiger charge is 2.21. The Kier molecular flexibility index (Phi) is 5.63. The molecule has 1 saturated heterocycles. The molecule has 14 heavy (non-hydrogen) atoms. The molecular weight excluding hydrogens is 232 g/mol. The third kappa shape index (κ3) is 3.65. The Morgan fingerprint density at radius 3 is 2.29 bits per heavy atom. The molecule has 0 spiro atoms. The fourth-order valence-corrected chi connectivity index (χ4v) is 4.77. The summed E-state index contributed by atoms with van der Waals surface area (Å²) in [5, 5.41) is 0. The molecule has 0 aromatic heterocycles. The van der Waals surface area contributed by atoms with Crippen LogP contribution in [0.5, 0.6) is 0 Å².